The van der Waals surface area contributed by atoms with Crippen LogP contribution in [0.1, 0.15) is 32.6 Å². The summed E-state index contributed by atoms with van der Waals surface area (Å²) in [6, 6.07) is 11.6. The molecule has 0 saturated heterocycles. The third-order valence-corrected chi connectivity index (χ3v) is 4.14. The van der Waals surface area contributed by atoms with Gasteiger partial charge in [-0.2, -0.15) is 0 Å². The number of nitrogens with one attached hydrogen (secondary N) is 1. The number of amides is 1. The van der Waals surface area contributed by atoms with E-state index in [1.807, 2.05) is 57.2 Å². The van der Waals surface area contributed by atoms with E-state index < -0.39 is 17.7 Å². The van der Waals surface area contributed by atoms with Gasteiger partial charge in [-0.3, -0.25) is 5.32 Å². The van der Waals surface area contributed by atoms with Crippen molar-refractivity contribution in [2.24, 2.45) is 0 Å². The summed E-state index contributed by atoms with van der Waals surface area (Å²) >= 11 is 1.36. The van der Waals surface area contributed by atoms with E-state index in [9.17, 15) is 9.59 Å². The van der Waals surface area contributed by atoms with Gasteiger partial charge in [0.25, 0.3) is 0 Å². The highest BCUT2D eigenvalue weighted by atomic mass is 32.1. The number of hydrogen-bond donors (Lipinski definition) is 1. The molecule has 0 fully saturated rings. The predicted octanol–water partition coefficient (Wildman–Crippen LogP) is 5.34. The summed E-state index contributed by atoms with van der Waals surface area (Å²) in [5.74, 6) is -0.401. The fourth-order valence-corrected chi connectivity index (χ4v) is 3.14. The van der Waals surface area contributed by atoms with E-state index in [1.165, 1.54) is 17.4 Å². The molecule has 1 aromatic carbocycles. The van der Waals surface area contributed by atoms with Crippen molar-refractivity contribution in [3.63, 3.8) is 0 Å². The molecule has 0 saturated carbocycles. The van der Waals surface area contributed by atoms with Crippen LogP contribution in [0.4, 0.5) is 9.80 Å². The molecule has 138 valence electrons. The second kappa shape index (κ2) is 8.67. The standard InChI is InChI=1S/C20H23NO4S/c1-5-24-18(22)12-11-16-15(14-9-7-6-8-10-14)13-17(26-16)21-19(23)25-20(2,3)4/h6-13H,5H2,1-4H3,(H,21,23). The Bertz CT molecular complexity index is 788. The molecule has 0 bridgehead atoms. The normalized spacial score (nSPS) is 11.4. The number of carbonyl (C=O) groups excluding carboxylic acids is 2. The van der Waals surface area contributed by atoms with Crippen molar-refractivity contribution in [1.29, 1.82) is 0 Å². The quantitative estimate of drug-likeness (QED) is 0.568. The average molecular weight is 373 g/mol. The summed E-state index contributed by atoms with van der Waals surface area (Å²) in [6.45, 7) is 7.51. The van der Waals surface area contributed by atoms with E-state index in [0.29, 0.717) is 11.6 Å². The number of ether oxygens (including phenoxy) is 2. The zero-order chi connectivity index (χ0) is 19.2. The fraction of sp³-hybridized carbons (Fsp3) is 0.300. The van der Waals surface area contributed by atoms with Gasteiger partial charge in [0.05, 0.1) is 11.6 Å². The maximum absolute atomic E-state index is 12.0. The van der Waals surface area contributed by atoms with E-state index in [0.717, 1.165) is 16.0 Å². The molecular formula is C20H23NO4S. The molecule has 2 rings (SSSR count). The summed E-state index contributed by atoms with van der Waals surface area (Å²) < 4.78 is 10.2. The summed E-state index contributed by atoms with van der Waals surface area (Å²) in [7, 11) is 0. The number of carbonyl (C=O) groups is 2. The Balaban J connectivity index is 2.29. The lowest BCUT2D eigenvalue weighted by molar-refractivity contribution is -0.137. The molecule has 0 unspecified atom stereocenters. The van der Waals surface area contributed by atoms with Crippen LogP contribution >= 0.6 is 11.3 Å². The molecule has 0 radical (unpaired) electrons. The predicted molar refractivity (Wildman–Crippen MR) is 105 cm³/mol. The molecule has 0 aliphatic carbocycles. The van der Waals surface area contributed by atoms with Gasteiger partial charge in [-0.15, -0.1) is 11.3 Å². The van der Waals surface area contributed by atoms with Gasteiger partial charge in [0.15, 0.2) is 0 Å². The largest absolute Gasteiger partial charge is 0.463 e. The van der Waals surface area contributed by atoms with Crippen molar-refractivity contribution in [2.45, 2.75) is 33.3 Å². The van der Waals surface area contributed by atoms with Crippen LogP contribution in [0.5, 0.6) is 0 Å². The summed E-state index contributed by atoms with van der Waals surface area (Å²) in [5, 5.41) is 3.39. The minimum atomic E-state index is -0.573. The van der Waals surface area contributed by atoms with Crippen LogP contribution in [0.3, 0.4) is 0 Å². The average Bonchev–Trinajstić information content (AvgIpc) is 2.95. The maximum atomic E-state index is 12.0. The number of thiophene rings is 1. The molecule has 0 aliphatic rings. The topological polar surface area (TPSA) is 64.6 Å². The van der Waals surface area contributed by atoms with E-state index >= 15 is 0 Å². The van der Waals surface area contributed by atoms with Crippen molar-refractivity contribution in [3.05, 3.63) is 47.4 Å². The van der Waals surface area contributed by atoms with Gasteiger partial charge < -0.3 is 9.47 Å². The highest BCUT2D eigenvalue weighted by Gasteiger charge is 2.18. The van der Waals surface area contributed by atoms with Crippen LogP contribution in [0.2, 0.25) is 0 Å². The van der Waals surface area contributed by atoms with Crippen LogP contribution in [-0.4, -0.2) is 24.3 Å². The van der Waals surface area contributed by atoms with Gasteiger partial charge in [0.2, 0.25) is 0 Å². The summed E-state index contributed by atoms with van der Waals surface area (Å²) in [6.07, 6.45) is 2.57. The SMILES string of the molecule is CCOC(=O)C=Cc1sc(NC(=O)OC(C)(C)C)cc1-c1ccccc1. The molecule has 6 heteroatoms. The highest BCUT2D eigenvalue weighted by molar-refractivity contribution is 7.17. The van der Waals surface area contributed by atoms with Crippen LogP contribution < -0.4 is 5.32 Å². The second-order valence-corrected chi connectivity index (χ2v) is 7.55. The van der Waals surface area contributed by atoms with Crippen LogP contribution in [0.15, 0.2) is 42.5 Å². The monoisotopic (exact) mass is 373 g/mol. The molecule has 0 spiro atoms. The zero-order valence-corrected chi connectivity index (χ0v) is 16.2. The minimum absolute atomic E-state index is 0.324. The molecule has 26 heavy (non-hydrogen) atoms. The Kier molecular flexibility index (Phi) is 6.58. The Morgan fingerprint density at radius 1 is 1.19 bits per heavy atom. The van der Waals surface area contributed by atoms with Crippen molar-refractivity contribution >= 4 is 34.5 Å². The molecule has 1 aromatic heterocycles. The van der Waals surface area contributed by atoms with Gasteiger partial charge in [0.1, 0.15) is 5.60 Å². The maximum Gasteiger partial charge on any atom is 0.412 e. The van der Waals surface area contributed by atoms with Gasteiger partial charge >= 0.3 is 12.1 Å². The fourth-order valence-electron chi connectivity index (χ4n) is 2.17. The second-order valence-electron chi connectivity index (χ2n) is 6.47. The van der Waals surface area contributed by atoms with E-state index in [-0.39, 0.29) is 0 Å². The van der Waals surface area contributed by atoms with Crippen LogP contribution in [0.25, 0.3) is 17.2 Å². The number of hydrogen-bond acceptors (Lipinski definition) is 5. The zero-order valence-electron chi connectivity index (χ0n) is 15.4. The van der Waals surface area contributed by atoms with Crippen molar-refractivity contribution < 1.29 is 19.1 Å². The Hall–Kier alpha value is -2.60. The summed E-state index contributed by atoms with van der Waals surface area (Å²) in [5.41, 5.74) is 1.34. The Morgan fingerprint density at radius 2 is 1.88 bits per heavy atom. The highest BCUT2D eigenvalue weighted by Crippen LogP contribution is 2.36. The lowest BCUT2D eigenvalue weighted by atomic mass is 10.1. The van der Waals surface area contributed by atoms with Crippen molar-refractivity contribution in [3.8, 4) is 11.1 Å². The molecular weight excluding hydrogens is 350 g/mol. The number of benzene rings is 1. The molecule has 1 amide bonds. The first-order valence-corrected chi connectivity index (χ1v) is 9.14. The first kappa shape index (κ1) is 19.7. The van der Waals surface area contributed by atoms with Crippen LogP contribution in [-0.2, 0) is 14.3 Å². The van der Waals surface area contributed by atoms with Crippen molar-refractivity contribution in [2.75, 3.05) is 11.9 Å². The number of anilines is 1. The third kappa shape index (κ3) is 6.04. The number of rotatable bonds is 5. The molecule has 5 nitrogen and oxygen atoms in total. The first-order chi connectivity index (χ1) is 12.3. The lowest BCUT2D eigenvalue weighted by Crippen LogP contribution is -2.26. The number of esters is 1. The first-order valence-electron chi connectivity index (χ1n) is 8.32. The van der Waals surface area contributed by atoms with Gasteiger partial charge in [0, 0.05) is 16.5 Å². The van der Waals surface area contributed by atoms with Gasteiger partial charge in [-0.25, -0.2) is 9.59 Å². The van der Waals surface area contributed by atoms with Crippen molar-refractivity contribution in [1.82, 2.24) is 0 Å². The minimum Gasteiger partial charge on any atom is -0.463 e. The molecule has 1 N–H and O–H groups in total. The van der Waals surface area contributed by atoms with E-state index in [2.05, 4.69) is 5.32 Å². The third-order valence-electron chi connectivity index (χ3n) is 3.13. The molecule has 1 heterocycles. The molecule has 2 aromatic rings. The van der Waals surface area contributed by atoms with E-state index in [4.69, 9.17) is 9.47 Å². The van der Waals surface area contributed by atoms with Gasteiger partial charge in [-0.1, -0.05) is 30.3 Å². The lowest BCUT2D eigenvalue weighted by Gasteiger charge is -2.19. The van der Waals surface area contributed by atoms with Gasteiger partial charge in [-0.05, 0) is 45.4 Å². The Morgan fingerprint density at radius 3 is 2.50 bits per heavy atom. The molecule has 0 atom stereocenters. The van der Waals surface area contributed by atoms with Crippen LogP contribution in [0, 0.1) is 0 Å². The Labute approximate surface area is 157 Å². The summed E-state index contributed by atoms with van der Waals surface area (Å²) in [4.78, 5) is 24.5. The smallest absolute Gasteiger partial charge is 0.412 e. The van der Waals surface area contributed by atoms with E-state index in [1.54, 1.807) is 13.0 Å². The molecule has 0 aliphatic heterocycles.